The van der Waals surface area contributed by atoms with E-state index >= 15 is 0 Å². The molecule has 20 heavy (non-hydrogen) atoms. The topological polar surface area (TPSA) is 88.2 Å². The fourth-order valence-electron chi connectivity index (χ4n) is 2.12. The minimum absolute atomic E-state index is 0.0334. The number of carbonyl (C=O) groups is 1. The molecule has 1 aliphatic carbocycles. The third kappa shape index (κ3) is 4.03. The van der Waals surface area contributed by atoms with Crippen LogP contribution in [0.3, 0.4) is 0 Å². The van der Waals surface area contributed by atoms with Crippen molar-refractivity contribution in [2.45, 2.75) is 63.9 Å². The summed E-state index contributed by atoms with van der Waals surface area (Å²) in [6, 6.07) is 0. The molecule has 0 aliphatic heterocycles. The lowest BCUT2D eigenvalue weighted by atomic mass is 9.80. The molecule has 0 aromatic carbocycles. The fourth-order valence-corrected chi connectivity index (χ4v) is 2.12. The largest absolute Gasteiger partial charge is 0.388 e. The number of aromatic nitrogens is 2. The van der Waals surface area contributed by atoms with E-state index in [2.05, 4.69) is 15.5 Å². The van der Waals surface area contributed by atoms with Crippen LogP contribution in [0, 0.1) is 0 Å². The summed E-state index contributed by atoms with van der Waals surface area (Å²) in [4.78, 5) is 15.9. The number of hydrogen-bond donors (Lipinski definition) is 2. The van der Waals surface area contributed by atoms with Gasteiger partial charge in [0.2, 0.25) is 11.8 Å². The van der Waals surface area contributed by atoms with E-state index in [-0.39, 0.29) is 11.8 Å². The Morgan fingerprint density at radius 2 is 2.25 bits per heavy atom. The molecule has 0 radical (unpaired) electrons. The molecule has 1 aromatic heterocycles. The number of amides is 1. The van der Waals surface area contributed by atoms with Gasteiger partial charge in [0.1, 0.15) is 0 Å². The highest BCUT2D eigenvalue weighted by atomic mass is 16.5. The molecular weight excluding hydrogens is 258 g/mol. The van der Waals surface area contributed by atoms with Gasteiger partial charge in [0, 0.05) is 25.3 Å². The summed E-state index contributed by atoms with van der Waals surface area (Å²) in [5, 5.41) is 16.5. The Bertz CT molecular complexity index is 452. The van der Waals surface area contributed by atoms with Crippen LogP contribution < -0.4 is 5.32 Å². The minimum atomic E-state index is -0.658. The van der Waals surface area contributed by atoms with Gasteiger partial charge in [-0.3, -0.25) is 4.79 Å². The summed E-state index contributed by atoms with van der Waals surface area (Å²) >= 11 is 0. The maximum atomic E-state index is 11.6. The van der Waals surface area contributed by atoms with Crippen LogP contribution in [0.25, 0.3) is 0 Å². The smallest absolute Gasteiger partial charge is 0.226 e. The van der Waals surface area contributed by atoms with Gasteiger partial charge in [-0.25, -0.2) is 0 Å². The molecule has 0 unspecified atom stereocenters. The van der Waals surface area contributed by atoms with Crippen molar-refractivity contribution < 1.29 is 14.4 Å². The van der Waals surface area contributed by atoms with Crippen LogP contribution in [-0.4, -0.2) is 33.3 Å². The molecule has 0 bridgehead atoms. The summed E-state index contributed by atoms with van der Waals surface area (Å²) in [6.45, 7) is 4.38. The number of rotatable bonds is 7. The summed E-state index contributed by atoms with van der Waals surface area (Å²) in [5.74, 6) is 1.50. The molecule has 6 heteroatoms. The average Bonchev–Trinajstić information content (AvgIpc) is 2.83. The van der Waals surface area contributed by atoms with Gasteiger partial charge in [0.25, 0.3) is 0 Å². The highest BCUT2D eigenvalue weighted by Crippen LogP contribution is 2.30. The van der Waals surface area contributed by atoms with E-state index < -0.39 is 5.60 Å². The number of carbonyl (C=O) groups excluding carboxylic acids is 1. The minimum Gasteiger partial charge on any atom is -0.388 e. The predicted molar refractivity (Wildman–Crippen MR) is 73.1 cm³/mol. The van der Waals surface area contributed by atoms with Crippen LogP contribution in [0.2, 0.25) is 0 Å². The lowest BCUT2D eigenvalue weighted by molar-refractivity contribution is -0.123. The van der Waals surface area contributed by atoms with Crippen molar-refractivity contribution in [1.82, 2.24) is 15.5 Å². The van der Waals surface area contributed by atoms with Crippen molar-refractivity contribution in [2.24, 2.45) is 0 Å². The predicted octanol–water partition coefficient (Wildman–Crippen LogP) is 1.55. The van der Waals surface area contributed by atoms with Gasteiger partial charge in [-0.1, -0.05) is 19.0 Å². The molecule has 2 N–H and O–H groups in total. The first kappa shape index (κ1) is 15.0. The van der Waals surface area contributed by atoms with E-state index in [4.69, 9.17) is 4.52 Å². The summed E-state index contributed by atoms with van der Waals surface area (Å²) < 4.78 is 5.12. The molecule has 2 rings (SSSR count). The van der Waals surface area contributed by atoms with E-state index in [0.717, 1.165) is 19.3 Å². The van der Waals surface area contributed by atoms with Crippen LogP contribution in [0.1, 0.15) is 63.6 Å². The van der Waals surface area contributed by atoms with Gasteiger partial charge < -0.3 is 14.9 Å². The second-order valence-electron chi connectivity index (χ2n) is 5.91. The van der Waals surface area contributed by atoms with Gasteiger partial charge >= 0.3 is 0 Å². The fraction of sp³-hybridized carbons (Fsp3) is 0.786. The lowest BCUT2D eigenvalue weighted by Gasteiger charge is -2.36. The van der Waals surface area contributed by atoms with E-state index in [1.165, 1.54) is 0 Å². The number of aliphatic hydroxyl groups is 1. The Morgan fingerprint density at radius 1 is 1.50 bits per heavy atom. The van der Waals surface area contributed by atoms with Gasteiger partial charge in [0.05, 0.1) is 5.60 Å². The Morgan fingerprint density at radius 3 is 2.80 bits per heavy atom. The van der Waals surface area contributed by atoms with E-state index in [1.807, 2.05) is 13.8 Å². The molecule has 1 aliphatic rings. The first-order valence-corrected chi connectivity index (χ1v) is 7.30. The third-order valence-electron chi connectivity index (χ3n) is 3.69. The third-order valence-corrected chi connectivity index (χ3v) is 3.69. The second kappa shape index (κ2) is 6.35. The number of hydrogen-bond acceptors (Lipinski definition) is 5. The van der Waals surface area contributed by atoms with Crippen molar-refractivity contribution in [3.63, 3.8) is 0 Å². The molecule has 0 spiro atoms. The normalized spacial score (nSPS) is 17.0. The number of aryl methyl sites for hydroxylation is 1. The molecule has 1 amide bonds. The lowest BCUT2D eigenvalue weighted by Crippen LogP contribution is -2.47. The van der Waals surface area contributed by atoms with E-state index in [1.54, 1.807) is 0 Å². The maximum absolute atomic E-state index is 11.6. The Kier molecular flexibility index (Phi) is 4.75. The SMILES string of the molecule is CC(C)c1noc(CCCC(=O)NCC2(O)CCC2)n1. The average molecular weight is 281 g/mol. The monoisotopic (exact) mass is 281 g/mol. The quantitative estimate of drug-likeness (QED) is 0.791. The standard InChI is InChI=1S/C14H23N3O3/c1-10(2)13-16-12(20-17-13)6-3-5-11(18)15-9-14(19)7-4-8-14/h10,19H,3-9H2,1-2H3,(H,15,18). The van der Waals surface area contributed by atoms with Gasteiger partial charge in [0.15, 0.2) is 5.82 Å². The first-order valence-electron chi connectivity index (χ1n) is 7.30. The van der Waals surface area contributed by atoms with E-state index in [0.29, 0.717) is 37.5 Å². The van der Waals surface area contributed by atoms with Crippen LogP contribution in [0.15, 0.2) is 4.52 Å². The van der Waals surface area contributed by atoms with Crippen molar-refractivity contribution in [1.29, 1.82) is 0 Å². The molecule has 1 saturated carbocycles. The number of nitrogens with zero attached hydrogens (tertiary/aromatic N) is 2. The van der Waals surface area contributed by atoms with Crippen molar-refractivity contribution in [3.8, 4) is 0 Å². The maximum Gasteiger partial charge on any atom is 0.226 e. The number of nitrogens with one attached hydrogen (secondary N) is 1. The highest BCUT2D eigenvalue weighted by molar-refractivity contribution is 5.75. The molecule has 1 fully saturated rings. The molecule has 0 atom stereocenters. The van der Waals surface area contributed by atoms with Crippen LogP contribution >= 0.6 is 0 Å². The molecule has 1 aromatic rings. The van der Waals surface area contributed by atoms with Gasteiger partial charge in [-0.15, -0.1) is 0 Å². The van der Waals surface area contributed by atoms with Crippen LogP contribution in [0.5, 0.6) is 0 Å². The summed E-state index contributed by atoms with van der Waals surface area (Å²) in [5.41, 5.74) is -0.658. The Hall–Kier alpha value is -1.43. The van der Waals surface area contributed by atoms with E-state index in [9.17, 15) is 9.90 Å². The summed E-state index contributed by atoms with van der Waals surface area (Å²) in [7, 11) is 0. The van der Waals surface area contributed by atoms with Crippen molar-refractivity contribution in [2.75, 3.05) is 6.54 Å². The van der Waals surface area contributed by atoms with Gasteiger partial charge in [-0.05, 0) is 25.7 Å². The molecule has 6 nitrogen and oxygen atoms in total. The molecule has 0 saturated heterocycles. The first-order chi connectivity index (χ1) is 9.48. The Labute approximate surface area is 118 Å². The van der Waals surface area contributed by atoms with Crippen molar-refractivity contribution in [3.05, 3.63) is 11.7 Å². The zero-order valence-corrected chi connectivity index (χ0v) is 12.2. The second-order valence-corrected chi connectivity index (χ2v) is 5.91. The zero-order valence-electron chi connectivity index (χ0n) is 12.2. The zero-order chi connectivity index (χ0) is 14.6. The van der Waals surface area contributed by atoms with Gasteiger partial charge in [-0.2, -0.15) is 4.98 Å². The molecular formula is C14H23N3O3. The Balaban J connectivity index is 1.63. The summed E-state index contributed by atoms with van der Waals surface area (Å²) in [6.07, 6.45) is 4.30. The van der Waals surface area contributed by atoms with Crippen LogP contribution in [-0.2, 0) is 11.2 Å². The molecule has 1 heterocycles. The van der Waals surface area contributed by atoms with Crippen LogP contribution in [0.4, 0.5) is 0 Å². The molecule has 112 valence electrons. The highest BCUT2D eigenvalue weighted by Gasteiger charge is 2.34. The van der Waals surface area contributed by atoms with Crippen molar-refractivity contribution >= 4 is 5.91 Å².